The van der Waals surface area contributed by atoms with E-state index < -0.39 is 20.3 Å². The zero-order valence-corrected chi connectivity index (χ0v) is 15.2. The molecule has 23 heavy (non-hydrogen) atoms. The van der Waals surface area contributed by atoms with Crippen molar-refractivity contribution in [1.29, 1.82) is 5.26 Å². The summed E-state index contributed by atoms with van der Waals surface area (Å²) in [7, 11) is -3.46. The Bertz CT molecular complexity index is 729. The van der Waals surface area contributed by atoms with Crippen molar-refractivity contribution in [3.8, 4) is 6.07 Å². The van der Waals surface area contributed by atoms with Crippen LogP contribution in [-0.2, 0) is 10.0 Å². The minimum absolute atomic E-state index is 0.273. The van der Waals surface area contributed by atoms with Crippen LogP contribution >= 0.6 is 11.6 Å². The van der Waals surface area contributed by atoms with Gasteiger partial charge in [-0.3, -0.25) is 0 Å². The van der Waals surface area contributed by atoms with E-state index in [4.69, 9.17) is 11.6 Å². The summed E-state index contributed by atoms with van der Waals surface area (Å²) in [5.41, 5.74) is 0.502. The molecule has 0 amide bonds. The van der Waals surface area contributed by atoms with Crippen molar-refractivity contribution in [2.75, 3.05) is 11.9 Å². The normalized spacial score (nSPS) is 17.2. The lowest BCUT2D eigenvalue weighted by atomic mass is 9.84. The van der Waals surface area contributed by atoms with Crippen LogP contribution in [0.25, 0.3) is 0 Å². The lowest BCUT2D eigenvalue weighted by Crippen LogP contribution is -2.58. The van der Waals surface area contributed by atoms with Gasteiger partial charge < -0.3 is 5.32 Å². The van der Waals surface area contributed by atoms with Crippen LogP contribution in [-0.4, -0.2) is 25.2 Å². The largest absolute Gasteiger partial charge is 0.382 e. The van der Waals surface area contributed by atoms with Gasteiger partial charge >= 0.3 is 0 Å². The number of hydrogen-bond acceptors (Lipinski definition) is 4. The summed E-state index contributed by atoms with van der Waals surface area (Å²) >= 11 is 5.88. The third-order valence-electron chi connectivity index (χ3n) is 3.98. The Kier molecular flexibility index (Phi) is 4.95. The molecule has 0 radical (unpaired) electrons. The Balaban J connectivity index is 2.19. The van der Waals surface area contributed by atoms with Gasteiger partial charge in [-0.2, -0.15) is 5.26 Å². The van der Waals surface area contributed by atoms with Gasteiger partial charge in [0.2, 0.25) is 10.0 Å². The van der Waals surface area contributed by atoms with E-state index in [1.807, 2.05) is 20.8 Å². The number of nitriles is 1. The highest BCUT2D eigenvalue weighted by Crippen LogP contribution is 2.40. The van der Waals surface area contributed by atoms with Crippen LogP contribution in [0.2, 0.25) is 5.02 Å². The summed E-state index contributed by atoms with van der Waals surface area (Å²) in [5.74, 6) is 0. The van der Waals surface area contributed by atoms with E-state index in [0.29, 0.717) is 29.1 Å². The van der Waals surface area contributed by atoms with Crippen LogP contribution in [0.3, 0.4) is 0 Å². The summed E-state index contributed by atoms with van der Waals surface area (Å²) in [6.45, 7) is 5.76. The van der Waals surface area contributed by atoms with E-state index in [1.54, 1.807) is 18.2 Å². The summed E-state index contributed by atoms with van der Waals surface area (Å²) < 4.78 is 27.4. The molecule has 0 saturated heterocycles. The lowest BCUT2D eigenvalue weighted by Gasteiger charge is -2.42. The van der Waals surface area contributed by atoms with E-state index in [9.17, 15) is 13.7 Å². The zero-order chi connectivity index (χ0) is 17.3. The molecule has 1 aromatic rings. The van der Waals surface area contributed by atoms with Crippen LogP contribution in [0, 0.1) is 11.3 Å². The monoisotopic (exact) mass is 355 g/mol. The molecule has 0 aliphatic heterocycles. The maximum atomic E-state index is 12.7. The first-order chi connectivity index (χ1) is 10.6. The summed E-state index contributed by atoms with van der Waals surface area (Å²) in [6, 6.07) is 7.03. The number of rotatable bonds is 5. The van der Waals surface area contributed by atoms with Gasteiger partial charge in [-0.25, -0.2) is 13.1 Å². The minimum Gasteiger partial charge on any atom is -0.382 e. The molecule has 2 N–H and O–H groups in total. The number of halogens is 1. The second-order valence-electron chi connectivity index (χ2n) is 7.05. The van der Waals surface area contributed by atoms with Crippen LogP contribution in [0.5, 0.6) is 0 Å². The van der Waals surface area contributed by atoms with Crippen LogP contribution in [0.1, 0.15) is 45.6 Å². The van der Waals surface area contributed by atoms with Gasteiger partial charge in [-0.05, 0) is 51.8 Å². The number of benzene rings is 1. The molecule has 0 heterocycles. The van der Waals surface area contributed by atoms with E-state index in [0.717, 1.165) is 6.42 Å². The van der Waals surface area contributed by atoms with Crippen molar-refractivity contribution >= 4 is 27.3 Å². The fourth-order valence-corrected chi connectivity index (χ4v) is 4.93. The molecular formula is C16H22ClN3O2S. The number of nitrogens with zero attached hydrogens (tertiary/aromatic N) is 1. The van der Waals surface area contributed by atoms with Gasteiger partial charge in [0.1, 0.15) is 10.8 Å². The van der Waals surface area contributed by atoms with Crippen molar-refractivity contribution in [3.05, 3.63) is 28.8 Å². The van der Waals surface area contributed by atoms with E-state index in [-0.39, 0.29) is 6.54 Å². The fourth-order valence-electron chi connectivity index (χ4n) is 2.64. The van der Waals surface area contributed by atoms with Crippen molar-refractivity contribution in [1.82, 2.24) is 4.72 Å². The molecule has 0 aromatic heterocycles. The Labute approximate surface area is 143 Å². The second kappa shape index (κ2) is 6.31. The van der Waals surface area contributed by atoms with E-state index in [2.05, 4.69) is 16.1 Å². The molecule has 1 aromatic carbocycles. The predicted octanol–water partition coefficient (Wildman–Crippen LogP) is 3.26. The smallest absolute Gasteiger partial charge is 0.219 e. The Morgan fingerprint density at radius 2 is 2.00 bits per heavy atom. The summed E-state index contributed by atoms with van der Waals surface area (Å²) in [4.78, 5) is 0. The van der Waals surface area contributed by atoms with Crippen molar-refractivity contribution in [2.24, 2.45) is 0 Å². The molecule has 126 valence electrons. The van der Waals surface area contributed by atoms with Gasteiger partial charge in [0.25, 0.3) is 0 Å². The predicted molar refractivity (Wildman–Crippen MR) is 93.0 cm³/mol. The molecule has 0 spiro atoms. The average Bonchev–Trinajstić information content (AvgIpc) is 2.35. The molecular weight excluding hydrogens is 334 g/mol. The van der Waals surface area contributed by atoms with Gasteiger partial charge in [-0.15, -0.1) is 0 Å². The van der Waals surface area contributed by atoms with Gasteiger partial charge in [0, 0.05) is 17.1 Å². The highest BCUT2D eigenvalue weighted by atomic mass is 35.5. The molecule has 1 fully saturated rings. The lowest BCUT2D eigenvalue weighted by molar-refractivity contribution is 0.339. The summed E-state index contributed by atoms with van der Waals surface area (Å²) in [6.07, 6.45) is 2.11. The first-order valence-electron chi connectivity index (χ1n) is 7.56. The van der Waals surface area contributed by atoms with Crippen molar-refractivity contribution < 1.29 is 8.42 Å². The number of hydrogen-bond donors (Lipinski definition) is 2. The van der Waals surface area contributed by atoms with E-state index in [1.165, 1.54) is 0 Å². The third kappa shape index (κ3) is 3.97. The Hall–Kier alpha value is -1.29. The standard InChI is InChI=1S/C16H22ClN3O2S/c1-15(2,3)20-23(21,22)16(7-4-8-16)11-19-14-6-5-13(17)9-12(14)10-18/h5-6,9,19-20H,4,7-8,11H2,1-3H3. The molecule has 1 saturated carbocycles. The maximum Gasteiger partial charge on any atom is 0.219 e. The van der Waals surface area contributed by atoms with Gasteiger partial charge in [-0.1, -0.05) is 18.0 Å². The summed E-state index contributed by atoms with van der Waals surface area (Å²) in [5, 5.41) is 12.8. The van der Waals surface area contributed by atoms with E-state index >= 15 is 0 Å². The molecule has 2 rings (SSSR count). The minimum atomic E-state index is -3.46. The fraction of sp³-hybridized carbons (Fsp3) is 0.562. The third-order valence-corrected chi connectivity index (χ3v) is 6.79. The SMILES string of the molecule is CC(C)(C)NS(=O)(=O)C1(CNc2ccc(Cl)cc2C#N)CCC1. The zero-order valence-electron chi connectivity index (χ0n) is 13.6. The Morgan fingerprint density at radius 3 is 2.48 bits per heavy atom. The second-order valence-corrected chi connectivity index (χ2v) is 9.56. The molecule has 0 atom stereocenters. The highest BCUT2D eigenvalue weighted by Gasteiger charge is 2.49. The Morgan fingerprint density at radius 1 is 1.35 bits per heavy atom. The maximum absolute atomic E-state index is 12.7. The number of anilines is 1. The number of sulfonamides is 1. The number of nitrogens with one attached hydrogen (secondary N) is 2. The average molecular weight is 356 g/mol. The highest BCUT2D eigenvalue weighted by molar-refractivity contribution is 7.91. The van der Waals surface area contributed by atoms with Gasteiger partial charge in [0.05, 0.1) is 11.3 Å². The quantitative estimate of drug-likeness (QED) is 0.849. The molecule has 5 nitrogen and oxygen atoms in total. The molecule has 0 unspecified atom stereocenters. The molecule has 1 aliphatic rings. The van der Waals surface area contributed by atoms with Crippen molar-refractivity contribution in [2.45, 2.75) is 50.3 Å². The van der Waals surface area contributed by atoms with Gasteiger partial charge in [0.15, 0.2) is 0 Å². The van der Waals surface area contributed by atoms with Crippen LogP contribution in [0.15, 0.2) is 18.2 Å². The first kappa shape index (κ1) is 18.1. The molecule has 1 aliphatic carbocycles. The topological polar surface area (TPSA) is 82.0 Å². The van der Waals surface area contributed by atoms with Crippen molar-refractivity contribution in [3.63, 3.8) is 0 Å². The van der Waals surface area contributed by atoms with Crippen LogP contribution < -0.4 is 10.0 Å². The molecule has 7 heteroatoms. The molecule has 0 bridgehead atoms. The first-order valence-corrected chi connectivity index (χ1v) is 9.42. The van der Waals surface area contributed by atoms with Crippen LogP contribution in [0.4, 0.5) is 5.69 Å².